The Hall–Kier alpha value is -2.56. The maximum atomic E-state index is 13.0. The zero-order valence-electron chi connectivity index (χ0n) is 17.4. The third-order valence-electron chi connectivity index (χ3n) is 5.72. The fraction of sp³-hybridized carbons (Fsp3) is 0.478. The van der Waals surface area contributed by atoms with Gasteiger partial charge in [0.15, 0.2) is 0 Å². The molecule has 5 heteroatoms. The first-order valence-electron chi connectivity index (χ1n) is 10.2. The minimum Gasteiger partial charge on any atom is -0.345 e. The fourth-order valence-electron chi connectivity index (χ4n) is 4.22. The molecule has 1 aliphatic rings. The van der Waals surface area contributed by atoms with Crippen LogP contribution >= 0.6 is 0 Å². The summed E-state index contributed by atoms with van der Waals surface area (Å²) < 4.78 is 2.33. The van der Waals surface area contributed by atoms with Gasteiger partial charge in [-0.25, -0.2) is 0 Å². The number of likely N-dealkylation sites (N-methyl/N-ethyl adjacent to an activating group) is 1. The van der Waals surface area contributed by atoms with E-state index in [1.54, 1.807) is 7.05 Å². The van der Waals surface area contributed by atoms with E-state index in [1.807, 2.05) is 44.2 Å². The Morgan fingerprint density at radius 3 is 2.36 bits per heavy atom. The molecule has 1 heterocycles. The van der Waals surface area contributed by atoms with Gasteiger partial charge in [0.2, 0.25) is 5.91 Å². The van der Waals surface area contributed by atoms with Crippen LogP contribution in [0.5, 0.6) is 0 Å². The minimum atomic E-state index is -0.194. The molecule has 150 valence electrons. The molecule has 2 aromatic rings. The molecule has 1 saturated carbocycles. The number of anilines is 1. The Morgan fingerprint density at radius 1 is 1.07 bits per heavy atom. The number of carbonyl (C=O) groups is 2. The molecule has 2 amide bonds. The summed E-state index contributed by atoms with van der Waals surface area (Å²) in [5.41, 5.74) is 4.73. The number of nitrogens with zero attached hydrogens (tertiary/aromatic N) is 2. The Morgan fingerprint density at radius 2 is 1.71 bits per heavy atom. The van der Waals surface area contributed by atoms with Crippen molar-refractivity contribution in [3.63, 3.8) is 0 Å². The molecular weight excluding hydrogens is 350 g/mol. The molecule has 1 aromatic heterocycles. The quantitative estimate of drug-likeness (QED) is 0.821. The highest BCUT2D eigenvalue weighted by atomic mass is 16.2. The van der Waals surface area contributed by atoms with Crippen molar-refractivity contribution >= 4 is 17.5 Å². The van der Waals surface area contributed by atoms with Crippen LogP contribution in [0, 0.1) is 20.8 Å². The van der Waals surface area contributed by atoms with E-state index in [0.29, 0.717) is 11.6 Å². The first-order valence-corrected chi connectivity index (χ1v) is 10.2. The van der Waals surface area contributed by atoms with E-state index >= 15 is 0 Å². The van der Waals surface area contributed by atoms with E-state index in [2.05, 4.69) is 16.8 Å². The Labute approximate surface area is 167 Å². The maximum Gasteiger partial charge on any atom is 0.255 e. The van der Waals surface area contributed by atoms with E-state index in [9.17, 15) is 9.59 Å². The molecule has 0 aliphatic heterocycles. The van der Waals surface area contributed by atoms with Crippen LogP contribution in [0.15, 0.2) is 30.3 Å². The molecule has 0 unspecified atom stereocenters. The predicted molar refractivity (Wildman–Crippen MR) is 113 cm³/mol. The second-order valence-corrected chi connectivity index (χ2v) is 8.02. The smallest absolute Gasteiger partial charge is 0.255 e. The van der Waals surface area contributed by atoms with Gasteiger partial charge in [0.1, 0.15) is 0 Å². The van der Waals surface area contributed by atoms with Crippen molar-refractivity contribution in [3.8, 4) is 0 Å². The van der Waals surface area contributed by atoms with Crippen LogP contribution in [0.3, 0.4) is 0 Å². The zero-order valence-corrected chi connectivity index (χ0v) is 17.4. The summed E-state index contributed by atoms with van der Waals surface area (Å²) in [4.78, 5) is 26.8. The molecule has 0 radical (unpaired) electrons. The van der Waals surface area contributed by atoms with Crippen LogP contribution in [0.2, 0.25) is 0 Å². The number of hydrogen-bond donors (Lipinski definition) is 1. The number of amides is 2. The molecule has 28 heavy (non-hydrogen) atoms. The van der Waals surface area contributed by atoms with Gasteiger partial charge in [-0.05, 0) is 51.8 Å². The number of aryl methyl sites for hydroxylation is 2. The van der Waals surface area contributed by atoms with Crippen molar-refractivity contribution in [2.45, 2.75) is 58.9 Å². The normalized spacial score (nSPS) is 14.7. The van der Waals surface area contributed by atoms with Gasteiger partial charge in [-0.15, -0.1) is 0 Å². The zero-order chi connectivity index (χ0) is 20.3. The highest BCUT2D eigenvalue weighted by molar-refractivity contribution is 6.00. The number of aromatic nitrogens is 1. The van der Waals surface area contributed by atoms with E-state index < -0.39 is 0 Å². The van der Waals surface area contributed by atoms with E-state index in [4.69, 9.17) is 0 Å². The number of rotatable bonds is 5. The molecule has 1 aromatic carbocycles. The Balaban J connectivity index is 1.67. The highest BCUT2D eigenvalue weighted by Gasteiger charge is 2.24. The van der Waals surface area contributed by atoms with Gasteiger partial charge < -0.3 is 14.8 Å². The molecule has 5 nitrogen and oxygen atoms in total. The highest BCUT2D eigenvalue weighted by Crippen LogP contribution is 2.32. The number of nitrogens with one attached hydrogen (secondary N) is 1. The summed E-state index contributed by atoms with van der Waals surface area (Å²) in [6.07, 6.45) is 6.17. The molecule has 0 saturated heterocycles. The van der Waals surface area contributed by atoms with Gasteiger partial charge in [-0.1, -0.05) is 37.0 Å². The largest absolute Gasteiger partial charge is 0.345 e. The molecule has 0 spiro atoms. The molecule has 1 aliphatic carbocycles. The van der Waals surface area contributed by atoms with E-state index in [-0.39, 0.29) is 18.4 Å². The van der Waals surface area contributed by atoms with Gasteiger partial charge in [0, 0.05) is 30.2 Å². The van der Waals surface area contributed by atoms with E-state index in [1.165, 1.54) is 37.0 Å². The molecule has 1 fully saturated rings. The third kappa shape index (κ3) is 4.46. The number of benzene rings is 1. The first-order chi connectivity index (χ1) is 13.4. The van der Waals surface area contributed by atoms with Gasteiger partial charge in [-0.2, -0.15) is 0 Å². The number of hydrogen-bond acceptors (Lipinski definition) is 2. The van der Waals surface area contributed by atoms with Crippen LogP contribution in [0.1, 0.15) is 65.5 Å². The van der Waals surface area contributed by atoms with Crippen molar-refractivity contribution in [1.82, 2.24) is 9.47 Å². The molecule has 3 rings (SSSR count). The van der Waals surface area contributed by atoms with Gasteiger partial charge >= 0.3 is 0 Å². The third-order valence-corrected chi connectivity index (χ3v) is 5.72. The van der Waals surface area contributed by atoms with Crippen molar-refractivity contribution in [2.24, 2.45) is 0 Å². The van der Waals surface area contributed by atoms with E-state index in [0.717, 1.165) is 22.6 Å². The van der Waals surface area contributed by atoms with Crippen LogP contribution in [-0.4, -0.2) is 34.9 Å². The average molecular weight is 382 g/mol. The summed E-state index contributed by atoms with van der Waals surface area (Å²) in [5.74, 6) is -0.296. The van der Waals surface area contributed by atoms with Crippen molar-refractivity contribution in [2.75, 3.05) is 18.9 Å². The molecule has 0 bridgehead atoms. The maximum absolute atomic E-state index is 13.0. The molecule has 0 atom stereocenters. The van der Waals surface area contributed by atoms with Crippen LogP contribution in [-0.2, 0) is 4.79 Å². The summed E-state index contributed by atoms with van der Waals surface area (Å²) in [6.45, 7) is 6.12. The van der Waals surface area contributed by atoms with Gasteiger partial charge in [-0.3, -0.25) is 9.59 Å². The molecular formula is C23H31N3O2. The van der Waals surface area contributed by atoms with Crippen molar-refractivity contribution < 1.29 is 9.59 Å². The monoisotopic (exact) mass is 381 g/mol. The lowest BCUT2D eigenvalue weighted by Crippen LogP contribution is -2.35. The standard InChI is InChI=1S/C23H31N3O2/c1-16-10-12-19(13-11-16)24-22(27)15-25(4)23(28)21-14-17(2)26(18(21)3)20-8-6-5-7-9-20/h10-14,20H,5-9,15H2,1-4H3,(H,24,27). The number of carbonyl (C=O) groups excluding carboxylic acids is 2. The fourth-order valence-corrected chi connectivity index (χ4v) is 4.22. The SMILES string of the molecule is Cc1ccc(NC(=O)CN(C)C(=O)c2cc(C)n(C3CCCCC3)c2C)cc1. The topological polar surface area (TPSA) is 54.3 Å². The Kier molecular flexibility index (Phi) is 6.22. The first kappa shape index (κ1) is 20.2. The van der Waals surface area contributed by atoms with Crippen molar-refractivity contribution in [1.29, 1.82) is 0 Å². The summed E-state index contributed by atoms with van der Waals surface area (Å²) in [7, 11) is 1.68. The summed E-state index contributed by atoms with van der Waals surface area (Å²) >= 11 is 0. The van der Waals surface area contributed by atoms with Crippen LogP contribution in [0.25, 0.3) is 0 Å². The summed E-state index contributed by atoms with van der Waals surface area (Å²) in [6, 6.07) is 10.1. The second kappa shape index (κ2) is 8.63. The molecule has 1 N–H and O–H groups in total. The lowest BCUT2D eigenvalue weighted by Gasteiger charge is -2.26. The lowest BCUT2D eigenvalue weighted by molar-refractivity contribution is -0.116. The lowest BCUT2D eigenvalue weighted by atomic mass is 9.95. The van der Waals surface area contributed by atoms with Crippen LogP contribution < -0.4 is 5.32 Å². The van der Waals surface area contributed by atoms with Gasteiger partial charge in [0.05, 0.1) is 12.1 Å². The summed E-state index contributed by atoms with van der Waals surface area (Å²) in [5, 5.41) is 2.85. The average Bonchev–Trinajstić information content (AvgIpc) is 2.97. The predicted octanol–water partition coefficient (Wildman–Crippen LogP) is 4.63. The Bertz CT molecular complexity index is 845. The van der Waals surface area contributed by atoms with Crippen molar-refractivity contribution in [3.05, 3.63) is 52.8 Å². The minimum absolute atomic E-state index is 0.0276. The van der Waals surface area contributed by atoms with Crippen LogP contribution in [0.4, 0.5) is 5.69 Å². The van der Waals surface area contributed by atoms with Gasteiger partial charge in [0.25, 0.3) is 5.91 Å². The second-order valence-electron chi connectivity index (χ2n) is 8.02.